The topological polar surface area (TPSA) is 81.7 Å². The van der Waals surface area contributed by atoms with Gasteiger partial charge in [-0.05, 0) is 29.5 Å². The molecule has 20 heavy (non-hydrogen) atoms. The maximum absolute atomic E-state index is 5.13. The Morgan fingerprint density at radius 3 is 2.80 bits per heavy atom. The van der Waals surface area contributed by atoms with E-state index in [1.807, 2.05) is 43.3 Å². The third kappa shape index (κ3) is 2.72. The molecule has 1 N–H and O–H groups in total. The van der Waals surface area contributed by atoms with E-state index < -0.39 is 0 Å². The lowest BCUT2D eigenvalue weighted by Crippen LogP contribution is -2.16. The molecule has 0 aliphatic carbocycles. The van der Waals surface area contributed by atoms with Crippen molar-refractivity contribution in [3.05, 3.63) is 53.7 Å². The van der Waals surface area contributed by atoms with Crippen LogP contribution in [0.4, 0.5) is 0 Å². The standard InChI is InChI=1S/C13H14N6O/c1-10-7-12(20-16-10)8-14-9-13-15-17-18-19(13)11-5-3-2-4-6-11/h2-7,14H,8-9H2,1H3. The third-order valence-corrected chi connectivity index (χ3v) is 2.79. The molecule has 1 aromatic carbocycles. The average molecular weight is 270 g/mol. The minimum Gasteiger partial charge on any atom is -0.360 e. The lowest BCUT2D eigenvalue weighted by atomic mass is 10.3. The van der Waals surface area contributed by atoms with E-state index in [0.29, 0.717) is 13.1 Å². The van der Waals surface area contributed by atoms with Crippen LogP contribution in [0.3, 0.4) is 0 Å². The molecule has 0 radical (unpaired) electrons. The number of para-hydroxylation sites is 1. The monoisotopic (exact) mass is 270 g/mol. The van der Waals surface area contributed by atoms with E-state index in [4.69, 9.17) is 4.52 Å². The molecule has 3 rings (SSSR count). The van der Waals surface area contributed by atoms with Gasteiger partial charge in [-0.2, -0.15) is 4.68 Å². The molecule has 0 fully saturated rings. The van der Waals surface area contributed by atoms with Crippen LogP contribution in [-0.2, 0) is 13.1 Å². The predicted octanol–water partition coefficient (Wildman–Crippen LogP) is 1.25. The summed E-state index contributed by atoms with van der Waals surface area (Å²) >= 11 is 0. The molecule has 0 aliphatic heterocycles. The highest BCUT2D eigenvalue weighted by atomic mass is 16.5. The van der Waals surface area contributed by atoms with Gasteiger partial charge in [0.05, 0.1) is 24.5 Å². The molecule has 7 nitrogen and oxygen atoms in total. The zero-order chi connectivity index (χ0) is 13.8. The largest absolute Gasteiger partial charge is 0.360 e. The van der Waals surface area contributed by atoms with Gasteiger partial charge in [-0.1, -0.05) is 23.4 Å². The van der Waals surface area contributed by atoms with Crippen LogP contribution in [0.1, 0.15) is 17.3 Å². The van der Waals surface area contributed by atoms with Crippen molar-refractivity contribution in [2.24, 2.45) is 0 Å². The summed E-state index contributed by atoms with van der Waals surface area (Å²) in [5, 5.41) is 18.8. The van der Waals surface area contributed by atoms with Crippen molar-refractivity contribution in [1.29, 1.82) is 0 Å². The highest BCUT2D eigenvalue weighted by Gasteiger charge is 2.08. The fourth-order valence-corrected chi connectivity index (χ4v) is 1.88. The predicted molar refractivity (Wildman–Crippen MR) is 70.9 cm³/mol. The molecular formula is C13H14N6O. The molecule has 3 aromatic rings. The number of hydrogen-bond acceptors (Lipinski definition) is 6. The van der Waals surface area contributed by atoms with Crippen LogP contribution in [0.2, 0.25) is 0 Å². The fraction of sp³-hybridized carbons (Fsp3) is 0.231. The number of nitrogens with zero attached hydrogens (tertiary/aromatic N) is 5. The van der Waals surface area contributed by atoms with Gasteiger partial charge in [0.25, 0.3) is 0 Å². The molecule has 0 saturated heterocycles. The minimum absolute atomic E-state index is 0.543. The third-order valence-electron chi connectivity index (χ3n) is 2.79. The summed E-state index contributed by atoms with van der Waals surface area (Å²) in [5.41, 5.74) is 1.81. The Balaban J connectivity index is 1.65. The van der Waals surface area contributed by atoms with Gasteiger partial charge in [0.15, 0.2) is 11.6 Å². The van der Waals surface area contributed by atoms with E-state index in [0.717, 1.165) is 23.0 Å². The van der Waals surface area contributed by atoms with Crippen LogP contribution in [0.5, 0.6) is 0 Å². The number of nitrogens with one attached hydrogen (secondary N) is 1. The normalized spacial score (nSPS) is 10.8. The Bertz CT molecular complexity index is 675. The number of hydrogen-bond donors (Lipinski definition) is 1. The molecule has 0 amide bonds. The molecule has 102 valence electrons. The van der Waals surface area contributed by atoms with Crippen LogP contribution < -0.4 is 5.32 Å². The zero-order valence-corrected chi connectivity index (χ0v) is 11.0. The van der Waals surface area contributed by atoms with Crippen molar-refractivity contribution >= 4 is 0 Å². The van der Waals surface area contributed by atoms with E-state index in [1.54, 1.807) is 4.68 Å². The summed E-state index contributed by atoms with van der Waals surface area (Å²) in [4.78, 5) is 0. The van der Waals surface area contributed by atoms with Gasteiger partial charge in [0.2, 0.25) is 0 Å². The van der Waals surface area contributed by atoms with E-state index in [9.17, 15) is 0 Å². The van der Waals surface area contributed by atoms with Gasteiger partial charge in [0, 0.05) is 6.07 Å². The number of rotatable bonds is 5. The van der Waals surface area contributed by atoms with Crippen molar-refractivity contribution in [3.63, 3.8) is 0 Å². The first kappa shape index (κ1) is 12.5. The first-order valence-electron chi connectivity index (χ1n) is 6.28. The molecule has 2 heterocycles. The van der Waals surface area contributed by atoms with Crippen LogP contribution >= 0.6 is 0 Å². The molecule has 2 aromatic heterocycles. The van der Waals surface area contributed by atoms with E-state index in [1.165, 1.54) is 0 Å². The Morgan fingerprint density at radius 1 is 1.20 bits per heavy atom. The van der Waals surface area contributed by atoms with Gasteiger partial charge in [-0.25, -0.2) is 0 Å². The van der Waals surface area contributed by atoms with Crippen LogP contribution in [0.15, 0.2) is 40.9 Å². The van der Waals surface area contributed by atoms with Gasteiger partial charge in [0.1, 0.15) is 0 Å². The van der Waals surface area contributed by atoms with Crippen LogP contribution in [0, 0.1) is 6.92 Å². The molecule has 0 unspecified atom stereocenters. The highest BCUT2D eigenvalue weighted by Crippen LogP contribution is 2.07. The van der Waals surface area contributed by atoms with Crippen LogP contribution in [0.25, 0.3) is 5.69 Å². The smallest absolute Gasteiger partial charge is 0.170 e. The molecular weight excluding hydrogens is 256 g/mol. The van der Waals surface area contributed by atoms with Gasteiger partial charge in [-0.15, -0.1) is 5.10 Å². The van der Waals surface area contributed by atoms with Crippen molar-refractivity contribution < 1.29 is 4.52 Å². The number of aryl methyl sites for hydroxylation is 1. The highest BCUT2D eigenvalue weighted by molar-refractivity contribution is 5.30. The number of tetrazole rings is 1. The second kappa shape index (κ2) is 5.62. The first-order valence-corrected chi connectivity index (χ1v) is 6.28. The second-order valence-electron chi connectivity index (χ2n) is 4.38. The Hall–Kier alpha value is -2.54. The summed E-state index contributed by atoms with van der Waals surface area (Å²) < 4.78 is 6.83. The molecule has 7 heteroatoms. The molecule has 0 saturated carbocycles. The maximum atomic E-state index is 5.13. The molecule has 0 spiro atoms. The fourth-order valence-electron chi connectivity index (χ4n) is 1.88. The maximum Gasteiger partial charge on any atom is 0.170 e. The van der Waals surface area contributed by atoms with E-state index in [-0.39, 0.29) is 0 Å². The first-order chi connectivity index (χ1) is 9.83. The number of aromatic nitrogens is 5. The SMILES string of the molecule is Cc1cc(CNCc2nnnn2-c2ccccc2)on1. The quantitative estimate of drug-likeness (QED) is 0.751. The van der Waals surface area contributed by atoms with Gasteiger partial charge >= 0.3 is 0 Å². The summed E-state index contributed by atoms with van der Waals surface area (Å²) in [5.74, 6) is 1.54. The van der Waals surface area contributed by atoms with E-state index in [2.05, 4.69) is 26.0 Å². The number of benzene rings is 1. The molecule has 0 bridgehead atoms. The Labute approximate surface area is 115 Å². The summed E-state index contributed by atoms with van der Waals surface area (Å²) in [6.07, 6.45) is 0. The lowest BCUT2D eigenvalue weighted by Gasteiger charge is -2.04. The Kier molecular flexibility index (Phi) is 3.51. The zero-order valence-electron chi connectivity index (χ0n) is 11.0. The van der Waals surface area contributed by atoms with Gasteiger partial charge < -0.3 is 9.84 Å². The summed E-state index contributed by atoms with van der Waals surface area (Å²) in [7, 11) is 0. The Morgan fingerprint density at radius 2 is 2.05 bits per heavy atom. The van der Waals surface area contributed by atoms with Crippen molar-refractivity contribution in [2.45, 2.75) is 20.0 Å². The van der Waals surface area contributed by atoms with Gasteiger partial charge in [-0.3, -0.25) is 0 Å². The van der Waals surface area contributed by atoms with Crippen LogP contribution in [-0.4, -0.2) is 25.4 Å². The summed E-state index contributed by atoms with van der Waals surface area (Å²) in [6, 6.07) is 11.7. The minimum atomic E-state index is 0.543. The molecule has 0 aliphatic rings. The van der Waals surface area contributed by atoms with E-state index >= 15 is 0 Å². The van der Waals surface area contributed by atoms with Crippen molar-refractivity contribution in [1.82, 2.24) is 30.7 Å². The van der Waals surface area contributed by atoms with Crippen molar-refractivity contribution in [3.8, 4) is 5.69 Å². The lowest BCUT2D eigenvalue weighted by molar-refractivity contribution is 0.368. The van der Waals surface area contributed by atoms with Crippen molar-refractivity contribution in [2.75, 3.05) is 0 Å². The second-order valence-corrected chi connectivity index (χ2v) is 4.38. The molecule has 0 atom stereocenters. The summed E-state index contributed by atoms with van der Waals surface area (Å²) in [6.45, 7) is 3.02. The average Bonchev–Trinajstić information content (AvgIpc) is 3.09.